The van der Waals surface area contributed by atoms with E-state index in [1.165, 1.54) is 45.1 Å². The van der Waals surface area contributed by atoms with E-state index in [1.807, 2.05) is 36.4 Å². The molecule has 2 saturated carbocycles. The van der Waals surface area contributed by atoms with Gasteiger partial charge in [-0.05, 0) is 74.2 Å². The molecule has 4 atom stereocenters. The Hall–Kier alpha value is -3.03. The highest BCUT2D eigenvalue weighted by molar-refractivity contribution is 6.36. The molecular weight excluding hydrogens is 537 g/mol. The number of piperidine rings is 2. The highest BCUT2D eigenvalue weighted by Crippen LogP contribution is 2.41. The second kappa shape index (κ2) is 10.4. The predicted octanol–water partition coefficient (Wildman–Crippen LogP) is 7.13. The fourth-order valence-corrected chi connectivity index (χ4v) is 8.40. The van der Waals surface area contributed by atoms with E-state index in [0.29, 0.717) is 34.4 Å². The minimum absolute atomic E-state index is 0.245. The van der Waals surface area contributed by atoms with Gasteiger partial charge in [-0.15, -0.1) is 0 Å². The summed E-state index contributed by atoms with van der Waals surface area (Å²) in [6, 6.07) is 12.5. The average Bonchev–Trinajstić information content (AvgIpc) is 3.71. The van der Waals surface area contributed by atoms with Crippen LogP contribution in [0.1, 0.15) is 44.9 Å². The first-order valence-electron chi connectivity index (χ1n) is 15.3. The SMILES string of the molecule is Fc1c(-c2cccc3cccc(Cl)c23)ncc2c(N3CC4CCC(C4)C3)nc(OCCCN3C[C@H]4CC[C@@H]3C4)nc12. The molecule has 4 aliphatic rings. The van der Waals surface area contributed by atoms with Crippen molar-refractivity contribution in [1.29, 1.82) is 0 Å². The summed E-state index contributed by atoms with van der Waals surface area (Å²) in [7, 11) is 0. The summed E-state index contributed by atoms with van der Waals surface area (Å²) in [6.07, 6.45) is 10.5. The topological polar surface area (TPSA) is 54.4 Å². The lowest BCUT2D eigenvalue weighted by Gasteiger charge is -2.33. The number of nitrogens with zero attached hydrogens (tertiary/aromatic N) is 5. The molecule has 6 nitrogen and oxygen atoms in total. The van der Waals surface area contributed by atoms with Crippen LogP contribution in [-0.4, -0.2) is 58.7 Å². The lowest BCUT2D eigenvalue weighted by Crippen LogP contribution is -2.37. The van der Waals surface area contributed by atoms with Crippen LogP contribution in [0.4, 0.5) is 10.2 Å². The number of fused-ring (bicyclic) bond motifs is 6. The summed E-state index contributed by atoms with van der Waals surface area (Å²) in [5.74, 6) is 2.49. The summed E-state index contributed by atoms with van der Waals surface area (Å²) in [4.78, 5) is 19.1. The van der Waals surface area contributed by atoms with Gasteiger partial charge in [0, 0.05) is 54.4 Å². The normalized spacial score (nSPS) is 25.6. The zero-order chi connectivity index (χ0) is 27.5. The molecule has 2 aliphatic heterocycles. The molecule has 0 amide bonds. The van der Waals surface area contributed by atoms with Gasteiger partial charge in [-0.2, -0.15) is 9.97 Å². The van der Waals surface area contributed by atoms with Crippen LogP contribution < -0.4 is 9.64 Å². The quantitative estimate of drug-likeness (QED) is 0.220. The number of hydrogen-bond donors (Lipinski definition) is 0. The van der Waals surface area contributed by atoms with Crippen LogP contribution >= 0.6 is 11.6 Å². The van der Waals surface area contributed by atoms with Gasteiger partial charge in [0.1, 0.15) is 17.0 Å². The van der Waals surface area contributed by atoms with Gasteiger partial charge in [-0.25, -0.2) is 4.39 Å². The van der Waals surface area contributed by atoms with Gasteiger partial charge in [-0.3, -0.25) is 9.88 Å². The molecule has 0 N–H and O–H groups in total. The van der Waals surface area contributed by atoms with Crippen molar-refractivity contribution >= 4 is 39.1 Å². The number of likely N-dealkylation sites (tertiary alicyclic amines) is 1. The van der Waals surface area contributed by atoms with Crippen LogP contribution in [0, 0.1) is 23.6 Å². The number of rotatable bonds is 7. The number of aromatic nitrogens is 3. The van der Waals surface area contributed by atoms with E-state index in [9.17, 15) is 0 Å². The first-order valence-corrected chi connectivity index (χ1v) is 15.6. The van der Waals surface area contributed by atoms with E-state index in [-0.39, 0.29) is 17.2 Å². The minimum atomic E-state index is -0.462. The van der Waals surface area contributed by atoms with Crippen molar-refractivity contribution in [3.8, 4) is 17.3 Å². The van der Waals surface area contributed by atoms with Gasteiger partial charge >= 0.3 is 6.01 Å². The summed E-state index contributed by atoms with van der Waals surface area (Å²) < 4.78 is 22.7. The third-order valence-electron chi connectivity index (χ3n) is 10.0. The molecule has 4 heterocycles. The molecule has 2 aliphatic carbocycles. The molecule has 0 spiro atoms. The molecule has 2 unspecified atom stereocenters. The standard InChI is InChI=1S/C33H35ClFN5O/c34-27-7-2-5-23-4-1-6-25(28(23)27)30-29(35)31-26(16-36-30)32(40-18-20-8-9-21(14-20)19-40)38-33(37-31)41-13-3-12-39-17-22-10-11-24(39)15-22/h1-2,4-7,16,20-22,24H,3,8-15,17-19H2/t20?,21?,22-,24+/m0/s1. The zero-order valence-corrected chi connectivity index (χ0v) is 24.0. The van der Waals surface area contributed by atoms with Gasteiger partial charge in [-0.1, -0.05) is 41.9 Å². The summed E-state index contributed by atoms with van der Waals surface area (Å²) in [5.41, 5.74) is 1.16. The highest BCUT2D eigenvalue weighted by atomic mass is 35.5. The molecule has 4 aromatic rings. The van der Waals surface area contributed by atoms with Crippen molar-refractivity contribution in [3.05, 3.63) is 53.4 Å². The molecule has 4 fully saturated rings. The largest absolute Gasteiger partial charge is 0.463 e. The predicted molar refractivity (Wildman–Crippen MR) is 161 cm³/mol. The van der Waals surface area contributed by atoms with Crippen LogP contribution in [0.2, 0.25) is 5.02 Å². The summed E-state index contributed by atoms with van der Waals surface area (Å²) >= 11 is 6.60. The average molecular weight is 572 g/mol. The minimum Gasteiger partial charge on any atom is -0.463 e. The van der Waals surface area contributed by atoms with Crippen LogP contribution in [0.5, 0.6) is 6.01 Å². The number of benzene rings is 2. The number of halogens is 2. The first kappa shape index (κ1) is 25.7. The summed E-state index contributed by atoms with van der Waals surface area (Å²) in [5, 5.41) is 2.94. The van der Waals surface area contributed by atoms with Crippen LogP contribution in [0.15, 0.2) is 42.6 Å². The van der Waals surface area contributed by atoms with Gasteiger partial charge in [0.25, 0.3) is 0 Å². The molecule has 41 heavy (non-hydrogen) atoms. The fraction of sp³-hybridized carbons (Fsp3) is 0.485. The van der Waals surface area contributed by atoms with Crippen molar-refractivity contribution in [2.45, 2.75) is 51.0 Å². The molecule has 2 saturated heterocycles. The van der Waals surface area contributed by atoms with Gasteiger partial charge in [0.2, 0.25) is 0 Å². The van der Waals surface area contributed by atoms with Crippen LogP contribution in [-0.2, 0) is 0 Å². The third-order valence-corrected chi connectivity index (χ3v) is 10.3. The van der Waals surface area contributed by atoms with E-state index in [2.05, 4.69) is 19.8 Å². The maximum Gasteiger partial charge on any atom is 0.319 e. The van der Waals surface area contributed by atoms with Gasteiger partial charge in [0.05, 0.1) is 12.0 Å². The fourth-order valence-electron chi connectivity index (χ4n) is 8.12. The maximum atomic E-state index is 16.5. The van der Waals surface area contributed by atoms with Crippen molar-refractivity contribution in [1.82, 2.24) is 19.9 Å². The lowest BCUT2D eigenvalue weighted by molar-refractivity contribution is 0.189. The number of ether oxygens (including phenoxy) is 1. The number of hydrogen-bond acceptors (Lipinski definition) is 6. The van der Waals surface area contributed by atoms with Gasteiger partial charge in [0.15, 0.2) is 5.82 Å². The number of pyridine rings is 1. The molecule has 8 rings (SSSR count). The van der Waals surface area contributed by atoms with E-state index < -0.39 is 5.82 Å². The van der Waals surface area contributed by atoms with Crippen molar-refractivity contribution in [2.75, 3.05) is 37.7 Å². The Kier molecular flexibility index (Phi) is 6.48. The van der Waals surface area contributed by atoms with E-state index in [0.717, 1.165) is 54.6 Å². The van der Waals surface area contributed by atoms with E-state index in [4.69, 9.17) is 21.3 Å². The Morgan fingerprint density at radius 2 is 1.71 bits per heavy atom. The lowest BCUT2D eigenvalue weighted by atomic mass is 9.98. The maximum absolute atomic E-state index is 16.5. The monoisotopic (exact) mass is 571 g/mol. The molecule has 2 aromatic heterocycles. The smallest absolute Gasteiger partial charge is 0.319 e. The Labute approximate surface area is 244 Å². The molecule has 2 aromatic carbocycles. The van der Waals surface area contributed by atoms with Crippen molar-refractivity contribution < 1.29 is 9.13 Å². The van der Waals surface area contributed by atoms with E-state index in [1.54, 1.807) is 6.20 Å². The van der Waals surface area contributed by atoms with Gasteiger partial charge < -0.3 is 9.64 Å². The molecule has 0 radical (unpaired) electrons. The Morgan fingerprint density at radius 3 is 2.49 bits per heavy atom. The molecule has 4 bridgehead atoms. The Morgan fingerprint density at radius 1 is 0.927 bits per heavy atom. The van der Waals surface area contributed by atoms with Crippen molar-refractivity contribution in [3.63, 3.8) is 0 Å². The molecule has 212 valence electrons. The molecule has 8 heteroatoms. The first-order chi connectivity index (χ1) is 20.1. The second-order valence-electron chi connectivity index (χ2n) is 12.6. The molecular formula is C33H35ClFN5O. The summed E-state index contributed by atoms with van der Waals surface area (Å²) in [6.45, 7) is 4.63. The second-order valence-corrected chi connectivity index (χ2v) is 13.0. The third kappa shape index (κ3) is 4.62. The Balaban J connectivity index is 1.15. The number of anilines is 1. The Bertz CT molecular complexity index is 1610. The van der Waals surface area contributed by atoms with E-state index >= 15 is 4.39 Å². The van der Waals surface area contributed by atoms with Crippen LogP contribution in [0.3, 0.4) is 0 Å². The van der Waals surface area contributed by atoms with Crippen molar-refractivity contribution in [2.24, 2.45) is 17.8 Å². The zero-order valence-electron chi connectivity index (χ0n) is 23.2. The van der Waals surface area contributed by atoms with Crippen LogP contribution in [0.25, 0.3) is 32.9 Å². The highest BCUT2D eigenvalue weighted by Gasteiger charge is 2.37.